The number of benzene rings is 8. The van der Waals surface area contributed by atoms with Crippen molar-refractivity contribution in [3.63, 3.8) is 0 Å². The zero-order valence-electron chi connectivity index (χ0n) is 37.6. The summed E-state index contributed by atoms with van der Waals surface area (Å²) in [4.78, 5) is 0. The molecule has 0 fully saturated rings. The van der Waals surface area contributed by atoms with Gasteiger partial charge in [0.05, 0.1) is 62.3 Å². The third-order valence-corrected chi connectivity index (χ3v) is 13.0. The molecule has 8 aromatic rings. The lowest BCUT2D eigenvalue weighted by Gasteiger charge is -2.32. The fourth-order valence-corrected chi connectivity index (χ4v) is 9.84. The zero-order valence-corrected chi connectivity index (χ0v) is 37.6. The number of hydrogen-bond acceptors (Lipinski definition) is 8. The van der Waals surface area contributed by atoms with Gasteiger partial charge in [0, 0.05) is 24.3 Å². The first-order valence-corrected chi connectivity index (χ1v) is 21.3. The minimum absolute atomic E-state index is 0.712. The maximum absolute atomic E-state index is 5.78. The summed E-state index contributed by atoms with van der Waals surface area (Å²) >= 11 is 0. The second kappa shape index (κ2) is 16.4. The molecule has 0 heterocycles. The number of methoxy groups -OCH3 is 8. The van der Waals surface area contributed by atoms with E-state index in [1.165, 1.54) is 0 Å². The van der Waals surface area contributed by atoms with E-state index in [-0.39, 0.29) is 0 Å². The van der Waals surface area contributed by atoms with Crippen molar-refractivity contribution < 1.29 is 37.9 Å². The Morgan fingerprint density at radius 1 is 0.215 bits per heavy atom. The molecule has 8 heteroatoms. The van der Waals surface area contributed by atoms with E-state index in [9.17, 15) is 0 Å². The Kier molecular flexibility index (Phi) is 10.4. The summed E-state index contributed by atoms with van der Waals surface area (Å²) in [5, 5.41) is 0. The van der Waals surface area contributed by atoms with Gasteiger partial charge in [-0.05, 0) is 162 Å². The van der Waals surface area contributed by atoms with Gasteiger partial charge < -0.3 is 37.9 Å². The molecule has 0 saturated heterocycles. The fraction of sp³-hybridized carbons (Fsp3) is 0.158. The second-order valence-corrected chi connectivity index (χ2v) is 16.2. The van der Waals surface area contributed by atoms with Crippen LogP contribution in [-0.2, 0) is 5.41 Å². The Morgan fingerprint density at radius 3 is 0.569 bits per heavy atom. The lowest BCUT2D eigenvalue weighted by Crippen LogP contribution is -2.26. The molecule has 65 heavy (non-hydrogen) atoms. The van der Waals surface area contributed by atoms with Gasteiger partial charge in [0.25, 0.3) is 0 Å². The Balaban J connectivity index is 1.32. The summed E-state index contributed by atoms with van der Waals surface area (Å²) in [6.45, 7) is 0. The molecule has 0 aromatic heterocycles. The molecule has 0 radical (unpaired) electrons. The van der Waals surface area contributed by atoms with Crippen LogP contribution in [0.5, 0.6) is 46.0 Å². The lowest BCUT2D eigenvalue weighted by molar-refractivity contribution is 0.394. The van der Waals surface area contributed by atoms with Gasteiger partial charge in [-0.3, -0.25) is 0 Å². The van der Waals surface area contributed by atoms with Gasteiger partial charge in [0.2, 0.25) is 0 Å². The topological polar surface area (TPSA) is 73.8 Å². The third kappa shape index (κ3) is 6.76. The molecule has 0 N–H and O–H groups in total. The minimum Gasteiger partial charge on any atom is -0.497 e. The Hall–Kier alpha value is -7.84. The van der Waals surface area contributed by atoms with E-state index in [0.29, 0.717) is 46.0 Å². The van der Waals surface area contributed by atoms with Gasteiger partial charge in [-0.25, -0.2) is 0 Å². The van der Waals surface area contributed by atoms with Crippen LogP contribution >= 0.6 is 0 Å². The molecule has 2 aliphatic rings. The number of fused-ring (bicyclic) bond motifs is 10. The Morgan fingerprint density at radius 2 is 0.400 bits per heavy atom. The molecule has 0 bridgehead atoms. The van der Waals surface area contributed by atoms with Crippen molar-refractivity contribution in [2.45, 2.75) is 5.41 Å². The van der Waals surface area contributed by atoms with Crippen molar-refractivity contribution in [2.24, 2.45) is 0 Å². The van der Waals surface area contributed by atoms with Crippen LogP contribution in [0.1, 0.15) is 22.3 Å². The molecule has 1 spiro atoms. The molecular formula is C57H48O8. The molecule has 0 amide bonds. The molecule has 0 unspecified atom stereocenters. The summed E-state index contributed by atoms with van der Waals surface area (Å²) in [6, 6.07) is 51.4. The highest BCUT2D eigenvalue weighted by atomic mass is 16.5. The van der Waals surface area contributed by atoms with Crippen LogP contribution in [0.25, 0.3) is 66.8 Å². The summed E-state index contributed by atoms with van der Waals surface area (Å²) in [5.74, 6) is 5.70. The number of ether oxygens (including phenoxy) is 8. The van der Waals surface area contributed by atoms with Crippen LogP contribution in [0.3, 0.4) is 0 Å². The van der Waals surface area contributed by atoms with E-state index in [1.807, 2.05) is 24.3 Å². The summed E-state index contributed by atoms with van der Waals surface area (Å²) in [7, 11) is 13.4. The highest BCUT2D eigenvalue weighted by Crippen LogP contribution is 2.64. The van der Waals surface area contributed by atoms with Crippen LogP contribution in [0.2, 0.25) is 0 Å². The van der Waals surface area contributed by atoms with E-state index >= 15 is 0 Å². The average molecular weight is 861 g/mol. The summed E-state index contributed by atoms with van der Waals surface area (Å²) in [6.07, 6.45) is 0. The first-order valence-electron chi connectivity index (χ1n) is 21.3. The third-order valence-electron chi connectivity index (χ3n) is 13.0. The fourth-order valence-electron chi connectivity index (χ4n) is 9.84. The SMILES string of the molecule is COc1cc(OC)cc(-c2ccc3c(c2)C2(c4cc(-c5cc(OC)cc(OC)c5)ccc4-3)c3cc(-c4cc(OC)cc(OC)c4)ccc3-c3ccc(-c4cc(OC)cc(OC)c4)cc32)c1. The minimum atomic E-state index is -0.800. The standard InChI is InChI=1S/C57H48O8/c1-58-41-17-37(18-42(29-41)59-2)33-9-13-49-50-14-10-34(38-19-43(60-3)30-44(20-38)61-4)26-54(50)57(53(49)25-33)55-27-35(39-21-45(62-5)31-46(22-39)63-6)11-15-51(55)52-16-12-36(28-56(52)57)40-23-47(64-7)32-48(24-40)65-8/h9-32H,1-8H3. The van der Waals surface area contributed by atoms with Crippen molar-refractivity contribution >= 4 is 0 Å². The molecule has 324 valence electrons. The second-order valence-electron chi connectivity index (χ2n) is 16.2. The first-order chi connectivity index (χ1) is 31.7. The van der Waals surface area contributed by atoms with Crippen LogP contribution in [0.15, 0.2) is 146 Å². The van der Waals surface area contributed by atoms with Crippen LogP contribution in [0.4, 0.5) is 0 Å². The molecule has 0 aliphatic heterocycles. The van der Waals surface area contributed by atoms with E-state index in [2.05, 4.69) is 121 Å². The maximum atomic E-state index is 5.78. The molecule has 10 rings (SSSR count). The van der Waals surface area contributed by atoms with E-state index < -0.39 is 5.41 Å². The van der Waals surface area contributed by atoms with Crippen LogP contribution in [-0.4, -0.2) is 56.9 Å². The van der Waals surface area contributed by atoms with Gasteiger partial charge in [-0.2, -0.15) is 0 Å². The lowest BCUT2D eigenvalue weighted by atomic mass is 9.69. The van der Waals surface area contributed by atoms with Crippen molar-refractivity contribution in [2.75, 3.05) is 56.9 Å². The molecule has 8 nitrogen and oxygen atoms in total. The molecule has 2 aliphatic carbocycles. The molecule has 8 aromatic carbocycles. The molecule has 0 saturated carbocycles. The van der Waals surface area contributed by atoms with Crippen LogP contribution in [0, 0.1) is 0 Å². The molecular weight excluding hydrogens is 813 g/mol. The summed E-state index contributed by atoms with van der Waals surface area (Å²) < 4.78 is 46.2. The van der Waals surface area contributed by atoms with Crippen LogP contribution < -0.4 is 37.9 Å². The maximum Gasteiger partial charge on any atom is 0.123 e. The van der Waals surface area contributed by atoms with Crippen molar-refractivity contribution in [3.05, 3.63) is 168 Å². The van der Waals surface area contributed by atoms with Gasteiger partial charge in [0.15, 0.2) is 0 Å². The number of rotatable bonds is 12. The predicted molar refractivity (Wildman–Crippen MR) is 257 cm³/mol. The van der Waals surface area contributed by atoms with Crippen molar-refractivity contribution in [1.82, 2.24) is 0 Å². The average Bonchev–Trinajstić information content (AvgIpc) is 3.83. The van der Waals surface area contributed by atoms with E-state index in [1.54, 1.807) is 56.9 Å². The zero-order chi connectivity index (χ0) is 45.0. The first kappa shape index (κ1) is 41.2. The normalized spacial score (nSPS) is 12.4. The molecule has 0 atom stereocenters. The van der Waals surface area contributed by atoms with Gasteiger partial charge in [-0.1, -0.05) is 48.5 Å². The van der Waals surface area contributed by atoms with Gasteiger partial charge in [0.1, 0.15) is 46.0 Å². The van der Waals surface area contributed by atoms with E-state index in [4.69, 9.17) is 37.9 Å². The quantitative estimate of drug-likeness (QED) is 0.120. The largest absolute Gasteiger partial charge is 0.497 e. The summed E-state index contributed by atoms with van der Waals surface area (Å²) in [5.41, 5.74) is 16.5. The van der Waals surface area contributed by atoms with Crippen molar-refractivity contribution in [3.8, 4) is 113 Å². The Labute approximate surface area is 379 Å². The highest BCUT2D eigenvalue weighted by molar-refractivity contribution is 5.98. The van der Waals surface area contributed by atoms with E-state index in [0.717, 1.165) is 89.0 Å². The van der Waals surface area contributed by atoms with Crippen molar-refractivity contribution in [1.29, 1.82) is 0 Å². The monoisotopic (exact) mass is 860 g/mol. The highest BCUT2D eigenvalue weighted by Gasteiger charge is 2.52. The van der Waals surface area contributed by atoms with Gasteiger partial charge in [-0.15, -0.1) is 0 Å². The number of hydrogen-bond donors (Lipinski definition) is 0. The smallest absolute Gasteiger partial charge is 0.123 e. The Bertz CT molecular complexity index is 2650. The predicted octanol–water partition coefficient (Wildman–Crippen LogP) is 12.8. The van der Waals surface area contributed by atoms with Gasteiger partial charge >= 0.3 is 0 Å².